The first kappa shape index (κ1) is 16.5. The minimum Gasteiger partial charge on any atom is -0.457 e. The number of hydrogen-bond acceptors (Lipinski definition) is 4. The number of guanidine groups is 1. The van der Waals surface area contributed by atoms with Crippen molar-refractivity contribution in [1.29, 1.82) is 0 Å². The van der Waals surface area contributed by atoms with Gasteiger partial charge < -0.3 is 15.1 Å². The Balaban J connectivity index is 1.75. The molecule has 5 nitrogen and oxygen atoms in total. The molecular formula is C18H22N4OS. The van der Waals surface area contributed by atoms with Crippen LogP contribution in [-0.2, 0) is 6.54 Å². The van der Waals surface area contributed by atoms with Crippen LogP contribution in [0.2, 0.25) is 0 Å². The van der Waals surface area contributed by atoms with E-state index in [0.717, 1.165) is 34.5 Å². The van der Waals surface area contributed by atoms with Gasteiger partial charge in [0, 0.05) is 12.6 Å². The number of para-hydroxylation sites is 1. The second kappa shape index (κ2) is 7.49. The molecule has 0 unspecified atom stereocenters. The van der Waals surface area contributed by atoms with Gasteiger partial charge in [-0.15, -0.1) is 11.3 Å². The van der Waals surface area contributed by atoms with Gasteiger partial charge >= 0.3 is 0 Å². The second-order valence-electron chi connectivity index (χ2n) is 5.75. The minimum atomic E-state index is 0.331. The molecule has 3 aromatic rings. The molecule has 2 N–H and O–H groups in total. The van der Waals surface area contributed by atoms with E-state index < -0.39 is 0 Å². The molecule has 0 radical (unpaired) electrons. The first-order chi connectivity index (χ1) is 11.7. The number of hydrogen-bond donors (Lipinski definition) is 2. The van der Waals surface area contributed by atoms with Gasteiger partial charge in [0.15, 0.2) is 16.7 Å². The third-order valence-corrected chi connectivity index (χ3v) is 4.38. The Morgan fingerprint density at radius 1 is 1.25 bits per heavy atom. The quantitative estimate of drug-likeness (QED) is 0.543. The number of aromatic nitrogens is 1. The van der Waals surface area contributed by atoms with E-state index in [0.29, 0.717) is 12.6 Å². The van der Waals surface area contributed by atoms with Gasteiger partial charge in [-0.05, 0) is 45.0 Å². The molecule has 0 bridgehead atoms. The molecule has 0 amide bonds. The Morgan fingerprint density at radius 2 is 2.08 bits per heavy atom. The highest BCUT2D eigenvalue weighted by Crippen LogP contribution is 2.31. The van der Waals surface area contributed by atoms with Gasteiger partial charge in [-0.1, -0.05) is 12.1 Å². The van der Waals surface area contributed by atoms with Crippen LogP contribution in [0.3, 0.4) is 0 Å². The van der Waals surface area contributed by atoms with Crippen molar-refractivity contribution in [2.75, 3.05) is 6.54 Å². The zero-order chi connectivity index (χ0) is 16.9. The summed E-state index contributed by atoms with van der Waals surface area (Å²) in [6, 6.07) is 12.4. The SMILES string of the molecule is CCNC(=NCc1ccc(-c2nc3ccccc3s2)o1)NC(C)C. The molecule has 0 aliphatic carbocycles. The highest BCUT2D eigenvalue weighted by molar-refractivity contribution is 7.21. The minimum absolute atomic E-state index is 0.331. The molecule has 126 valence electrons. The number of benzene rings is 1. The van der Waals surface area contributed by atoms with Crippen LogP contribution in [0.15, 0.2) is 45.8 Å². The van der Waals surface area contributed by atoms with Crippen LogP contribution in [0, 0.1) is 0 Å². The van der Waals surface area contributed by atoms with Crippen molar-refractivity contribution < 1.29 is 4.42 Å². The first-order valence-corrected chi connectivity index (χ1v) is 8.97. The van der Waals surface area contributed by atoms with Crippen molar-refractivity contribution in [3.05, 3.63) is 42.2 Å². The third kappa shape index (κ3) is 3.94. The molecule has 2 aromatic heterocycles. The summed E-state index contributed by atoms with van der Waals surface area (Å²) in [6.45, 7) is 7.55. The van der Waals surface area contributed by atoms with Crippen LogP contribution in [0.5, 0.6) is 0 Å². The molecule has 0 spiro atoms. The van der Waals surface area contributed by atoms with Crippen LogP contribution in [0.25, 0.3) is 21.0 Å². The molecule has 0 aliphatic heterocycles. The zero-order valence-electron chi connectivity index (χ0n) is 14.2. The van der Waals surface area contributed by atoms with Gasteiger partial charge in [-0.2, -0.15) is 0 Å². The van der Waals surface area contributed by atoms with Crippen molar-refractivity contribution in [3.63, 3.8) is 0 Å². The molecule has 0 aliphatic rings. The third-order valence-electron chi connectivity index (χ3n) is 3.33. The molecule has 0 atom stereocenters. The molecule has 3 rings (SSSR count). The molecule has 0 saturated heterocycles. The standard InChI is InChI=1S/C18H22N4OS/c1-4-19-18(21-12(2)3)20-11-13-9-10-15(23-13)17-22-14-7-5-6-8-16(14)24-17/h5-10,12H,4,11H2,1-3H3,(H2,19,20,21). The highest BCUT2D eigenvalue weighted by atomic mass is 32.1. The van der Waals surface area contributed by atoms with Gasteiger partial charge in [0.1, 0.15) is 12.3 Å². The maximum atomic E-state index is 5.92. The second-order valence-corrected chi connectivity index (χ2v) is 6.78. The predicted octanol–water partition coefficient (Wildman–Crippen LogP) is 4.02. The monoisotopic (exact) mass is 342 g/mol. The van der Waals surface area contributed by atoms with E-state index in [9.17, 15) is 0 Å². The predicted molar refractivity (Wildman–Crippen MR) is 100 cm³/mol. The van der Waals surface area contributed by atoms with Crippen LogP contribution in [-0.4, -0.2) is 23.5 Å². The number of aliphatic imine (C=N–C) groups is 1. The number of thiazole rings is 1. The van der Waals surface area contributed by atoms with Gasteiger partial charge in [-0.25, -0.2) is 9.98 Å². The van der Waals surface area contributed by atoms with E-state index in [2.05, 4.69) is 47.4 Å². The Labute approximate surface area is 145 Å². The largest absolute Gasteiger partial charge is 0.457 e. The van der Waals surface area contributed by atoms with E-state index in [1.165, 1.54) is 4.70 Å². The molecule has 1 aromatic carbocycles. The number of nitrogens with zero attached hydrogens (tertiary/aromatic N) is 2. The van der Waals surface area contributed by atoms with Crippen molar-refractivity contribution in [3.8, 4) is 10.8 Å². The fourth-order valence-electron chi connectivity index (χ4n) is 2.31. The van der Waals surface area contributed by atoms with E-state index in [1.54, 1.807) is 11.3 Å². The maximum absolute atomic E-state index is 5.92. The summed E-state index contributed by atoms with van der Waals surface area (Å²) in [4.78, 5) is 9.18. The zero-order valence-corrected chi connectivity index (χ0v) is 15.0. The lowest BCUT2D eigenvalue weighted by Crippen LogP contribution is -2.40. The summed E-state index contributed by atoms with van der Waals surface area (Å²) in [6.07, 6.45) is 0. The molecule has 0 saturated carbocycles. The van der Waals surface area contributed by atoms with E-state index in [1.807, 2.05) is 30.3 Å². The molecule has 6 heteroatoms. The maximum Gasteiger partial charge on any atom is 0.191 e. The van der Waals surface area contributed by atoms with Gasteiger partial charge in [0.2, 0.25) is 0 Å². The van der Waals surface area contributed by atoms with Crippen LogP contribution in [0.1, 0.15) is 26.5 Å². The lowest BCUT2D eigenvalue weighted by atomic mass is 10.3. The number of rotatable bonds is 5. The summed E-state index contributed by atoms with van der Waals surface area (Å²) < 4.78 is 7.08. The first-order valence-electron chi connectivity index (χ1n) is 8.15. The van der Waals surface area contributed by atoms with E-state index in [-0.39, 0.29) is 0 Å². The summed E-state index contributed by atoms with van der Waals surface area (Å²) >= 11 is 1.64. The van der Waals surface area contributed by atoms with Crippen LogP contribution in [0.4, 0.5) is 0 Å². The van der Waals surface area contributed by atoms with Gasteiger partial charge in [0.25, 0.3) is 0 Å². The number of fused-ring (bicyclic) bond motifs is 1. The normalized spacial score (nSPS) is 12.1. The lowest BCUT2D eigenvalue weighted by molar-refractivity contribution is 0.524. The Morgan fingerprint density at radius 3 is 2.83 bits per heavy atom. The summed E-state index contributed by atoms with van der Waals surface area (Å²) in [5, 5.41) is 7.42. The number of nitrogens with one attached hydrogen (secondary N) is 2. The molecule has 0 fully saturated rings. The average Bonchev–Trinajstić information content (AvgIpc) is 3.18. The smallest absolute Gasteiger partial charge is 0.191 e. The number of furan rings is 1. The highest BCUT2D eigenvalue weighted by Gasteiger charge is 2.10. The summed E-state index contributed by atoms with van der Waals surface area (Å²) in [5.74, 6) is 2.42. The summed E-state index contributed by atoms with van der Waals surface area (Å²) in [7, 11) is 0. The van der Waals surface area contributed by atoms with E-state index >= 15 is 0 Å². The summed E-state index contributed by atoms with van der Waals surface area (Å²) in [5.41, 5.74) is 1.00. The fourth-order valence-corrected chi connectivity index (χ4v) is 3.23. The van der Waals surface area contributed by atoms with Crippen molar-refractivity contribution in [2.45, 2.75) is 33.4 Å². The van der Waals surface area contributed by atoms with Crippen molar-refractivity contribution >= 4 is 27.5 Å². The van der Waals surface area contributed by atoms with E-state index in [4.69, 9.17) is 4.42 Å². The van der Waals surface area contributed by atoms with Crippen molar-refractivity contribution in [1.82, 2.24) is 15.6 Å². The molecule has 2 heterocycles. The van der Waals surface area contributed by atoms with Crippen molar-refractivity contribution in [2.24, 2.45) is 4.99 Å². The molecule has 24 heavy (non-hydrogen) atoms. The van der Waals surface area contributed by atoms with Crippen LogP contribution < -0.4 is 10.6 Å². The topological polar surface area (TPSA) is 62.5 Å². The lowest BCUT2D eigenvalue weighted by Gasteiger charge is -2.13. The Bertz CT molecular complexity index is 801. The molecular weight excluding hydrogens is 320 g/mol. The fraction of sp³-hybridized carbons (Fsp3) is 0.333. The Hall–Kier alpha value is -2.34. The van der Waals surface area contributed by atoms with Gasteiger partial charge in [0.05, 0.1) is 10.2 Å². The van der Waals surface area contributed by atoms with Crippen LogP contribution >= 0.6 is 11.3 Å². The Kier molecular flexibility index (Phi) is 5.15. The van der Waals surface area contributed by atoms with Gasteiger partial charge in [-0.3, -0.25) is 0 Å². The average molecular weight is 342 g/mol.